The zero-order chi connectivity index (χ0) is 9.10. The van der Waals surface area contributed by atoms with Crippen molar-refractivity contribution < 1.29 is 0 Å². The molecule has 1 heterocycles. The van der Waals surface area contributed by atoms with Gasteiger partial charge in [0.05, 0.1) is 0 Å². The first-order valence-electron chi connectivity index (χ1n) is 4.20. The van der Waals surface area contributed by atoms with Gasteiger partial charge in [0, 0.05) is 0 Å². The second-order valence-corrected chi connectivity index (χ2v) is 4.79. The molecule has 0 bridgehead atoms. The summed E-state index contributed by atoms with van der Waals surface area (Å²) in [6.07, 6.45) is 0. The summed E-state index contributed by atoms with van der Waals surface area (Å²) in [5.41, 5.74) is 1.26. The number of hydrogen-bond donors (Lipinski definition) is 0. The van der Waals surface area contributed by atoms with Crippen molar-refractivity contribution in [3.05, 3.63) is 47.4 Å². The van der Waals surface area contributed by atoms with Gasteiger partial charge in [0.15, 0.2) is 0 Å². The second kappa shape index (κ2) is 3.82. The fourth-order valence-electron chi connectivity index (χ4n) is 1.24. The first-order chi connectivity index (χ1) is 6.38. The summed E-state index contributed by atoms with van der Waals surface area (Å²) < 4.78 is 1.42. The maximum absolute atomic E-state index is 2.25. The van der Waals surface area contributed by atoms with Crippen LogP contribution in [0.25, 0.3) is 0 Å². The topological polar surface area (TPSA) is 3.24 Å². The number of anilines is 2. The molecule has 0 saturated heterocycles. The number of nitrogens with zero attached hydrogens (tertiary/aromatic N) is 1. The van der Waals surface area contributed by atoms with Crippen LogP contribution in [0.5, 0.6) is 0 Å². The Bertz CT molecular complexity index is 353. The summed E-state index contributed by atoms with van der Waals surface area (Å²) in [6.45, 7) is 0. The van der Waals surface area contributed by atoms with Crippen LogP contribution in [0.2, 0.25) is 0 Å². The third-order valence-electron chi connectivity index (χ3n) is 1.98. The first kappa shape index (κ1) is 8.61. The van der Waals surface area contributed by atoms with E-state index in [4.69, 9.17) is 0 Å². The van der Waals surface area contributed by atoms with Crippen molar-refractivity contribution in [3.8, 4) is 0 Å². The molecule has 13 heavy (non-hydrogen) atoms. The molecular weight excluding hydrogens is 225 g/mol. The molecule has 1 aromatic carbocycles. The Kier molecular flexibility index (Phi) is 2.53. The molecule has 2 rings (SSSR count). The molecule has 0 aliphatic rings. The predicted molar refractivity (Wildman–Crippen MR) is 57.9 cm³/mol. The molecular formula is C11H11NSe. The molecule has 0 saturated carbocycles. The van der Waals surface area contributed by atoms with Crippen LogP contribution in [0.15, 0.2) is 47.4 Å². The van der Waals surface area contributed by atoms with Crippen LogP contribution in [-0.4, -0.2) is 21.6 Å². The Morgan fingerprint density at radius 3 is 2.38 bits per heavy atom. The zero-order valence-corrected chi connectivity index (χ0v) is 9.19. The van der Waals surface area contributed by atoms with Gasteiger partial charge in [-0.25, -0.2) is 0 Å². The van der Waals surface area contributed by atoms with Crippen LogP contribution in [0.4, 0.5) is 10.2 Å². The summed E-state index contributed by atoms with van der Waals surface area (Å²) in [4.78, 5) is 4.49. The summed E-state index contributed by atoms with van der Waals surface area (Å²) in [5, 5.41) is 0. The maximum atomic E-state index is 2.25. The van der Waals surface area contributed by atoms with Gasteiger partial charge >= 0.3 is 84.1 Å². The molecule has 66 valence electrons. The van der Waals surface area contributed by atoms with Crippen molar-refractivity contribution in [2.24, 2.45) is 0 Å². The van der Waals surface area contributed by atoms with Crippen LogP contribution < -0.4 is 4.90 Å². The monoisotopic (exact) mass is 237 g/mol. The Labute approximate surface area is 84.4 Å². The summed E-state index contributed by atoms with van der Waals surface area (Å²) in [6, 6.07) is 14.8. The quantitative estimate of drug-likeness (QED) is 0.724. The molecule has 0 N–H and O–H groups in total. The molecule has 0 fully saturated rings. The van der Waals surface area contributed by atoms with Gasteiger partial charge in [-0.2, -0.15) is 0 Å². The van der Waals surface area contributed by atoms with Crippen molar-refractivity contribution in [3.63, 3.8) is 0 Å². The van der Waals surface area contributed by atoms with Crippen LogP contribution in [0.1, 0.15) is 0 Å². The Hall–Kier alpha value is -0.981. The number of para-hydroxylation sites is 1. The van der Waals surface area contributed by atoms with Gasteiger partial charge in [0.25, 0.3) is 0 Å². The van der Waals surface area contributed by atoms with Gasteiger partial charge in [0.2, 0.25) is 0 Å². The molecule has 0 aliphatic heterocycles. The van der Waals surface area contributed by atoms with Crippen molar-refractivity contribution in [2.75, 3.05) is 11.9 Å². The van der Waals surface area contributed by atoms with Crippen LogP contribution >= 0.6 is 0 Å². The molecule has 2 aromatic rings. The van der Waals surface area contributed by atoms with Crippen molar-refractivity contribution in [2.45, 2.75) is 0 Å². The summed E-state index contributed by atoms with van der Waals surface area (Å²) >= 11 is 0.518. The van der Waals surface area contributed by atoms with E-state index >= 15 is 0 Å². The molecule has 1 nitrogen and oxygen atoms in total. The summed E-state index contributed by atoms with van der Waals surface area (Å²) in [5.74, 6) is 0. The minimum atomic E-state index is 0.518. The normalized spacial score (nSPS) is 9.92. The van der Waals surface area contributed by atoms with Crippen LogP contribution in [-0.2, 0) is 0 Å². The van der Waals surface area contributed by atoms with Gasteiger partial charge in [-0.3, -0.25) is 0 Å². The standard InChI is InChI=1S/C11H11NSe/c1-12(11-8-5-9-13-11)10-6-3-2-4-7-10/h2-9H,1H3. The number of rotatable bonds is 2. The van der Waals surface area contributed by atoms with Gasteiger partial charge in [0.1, 0.15) is 0 Å². The van der Waals surface area contributed by atoms with E-state index in [1.165, 1.54) is 10.2 Å². The molecule has 0 unspecified atom stereocenters. The van der Waals surface area contributed by atoms with E-state index in [0.717, 1.165) is 0 Å². The van der Waals surface area contributed by atoms with E-state index in [1.54, 1.807) is 0 Å². The van der Waals surface area contributed by atoms with Crippen LogP contribution in [0, 0.1) is 0 Å². The zero-order valence-electron chi connectivity index (χ0n) is 7.47. The molecule has 0 amide bonds. The Balaban J connectivity index is 2.29. The SMILES string of the molecule is CN(c1ccccc1)c1ccc[se]1. The molecule has 0 radical (unpaired) electrons. The molecule has 2 heteroatoms. The molecule has 0 aliphatic carbocycles. The first-order valence-corrected chi connectivity index (χ1v) is 6.05. The Morgan fingerprint density at radius 2 is 1.77 bits per heavy atom. The van der Waals surface area contributed by atoms with E-state index < -0.39 is 0 Å². The van der Waals surface area contributed by atoms with Crippen molar-refractivity contribution in [1.29, 1.82) is 0 Å². The summed E-state index contributed by atoms with van der Waals surface area (Å²) in [7, 11) is 2.12. The van der Waals surface area contributed by atoms with E-state index in [2.05, 4.69) is 53.3 Å². The van der Waals surface area contributed by atoms with E-state index in [0.29, 0.717) is 14.5 Å². The van der Waals surface area contributed by atoms with Crippen LogP contribution in [0.3, 0.4) is 0 Å². The van der Waals surface area contributed by atoms with Crippen molar-refractivity contribution in [1.82, 2.24) is 0 Å². The average Bonchev–Trinajstić information content (AvgIpc) is 2.71. The van der Waals surface area contributed by atoms with Crippen molar-refractivity contribution >= 4 is 24.8 Å². The fraction of sp³-hybridized carbons (Fsp3) is 0.0909. The minimum absolute atomic E-state index is 0.518. The molecule has 0 atom stereocenters. The number of hydrogen-bond acceptors (Lipinski definition) is 1. The Morgan fingerprint density at radius 1 is 1.00 bits per heavy atom. The van der Waals surface area contributed by atoms with Gasteiger partial charge in [-0.1, -0.05) is 0 Å². The van der Waals surface area contributed by atoms with E-state index in [1.807, 2.05) is 6.07 Å². The van der Waals surface area contributed by atoms with E-state index in [9.17, 15) is 0 Å². The molecule has 1 aromatic heterocycles. The van der Waals surface area contributed by atoms with Gasteiger partial charge in [-0.05, 0) is 0 Å². The average molecular weight is 236 g/mol. The number of benzene rings is 1. The van der Waals surface area contributed by atoms with Gasteiger partial charge < -0.3 is 0 Å². The van der Waals surface area contributed by atoms with Gasteiger partial charge in [-0.15, -0.1) is 0 Å². The fourth-order valence-corrected chi connectivity index (χ4v) is 2.74. The van der Waals surface area contributed by atoms with E-state index in [-0.39, 0.29) is 0 Å². The third kappa shape index (κ3) is 1.85. The predicted octanol–water partition coefficient (Wildman–Crippen LogP) is 2.51. The molecule has 0 spiro atoms. The third-order valence-corrected chi connectivity index (χ3v) is 3.96. The second-order valence-electron chi connectivity index (χ2n) is 2.85.